The second-order valence-electron chi connectivity index (χ2n) is 10.6. The Labute approximate surface area is 193 Å². The Kier molecular flexibility index (Phi) is 13.3. The molecule has 7 unspecified atom stereocenters. The normalized spacial score (nSPS) is 26.9. The highest BCUT2D eigenvalue weighted by molar-refractivity contribution is 5.68. The molecule has 1 aliphatic rings. The lowest BCUT2D eigenvalue weighted by atomic mass is 9.85. The lowest BCUT2D eigenvalue weighted by Crippen LogP contribution is -2.53. The topological polar surface area (TPSA) is 149 Å². The predicted octanol–water partition coefficient (Wildman–Crippen LogP) is 1.72. The third-order valence-electron chi connectivity index (χ3n) is 4.99. The average molecular weight is 466 g/mol. The molecule has 32 heavy (non-hydrogen) atoms. The van der Waals surface area contributed by atoms with Crippen LogP contribution in [0, 0.1) is 5.41 Å². The largest absolute Gasteiger partial charge is 0.444 e. The number of carbonyl (C=O) groups excluding carboxylic acids is 1. The first-order valence-electron chi connectivity index (χ1n) is 11.5. The molecule has 1 saturated carbocycles. The summed E-state index contributed by atoms with van der Waals surface area (Å²) in [6, 6.07) is -0.905. The fourth-order valence-corrected chi connectivity index (χ4v) is 2.99. The molecule has 192 valence electrons. The van der Waals surface area contributed by atoms with E-state index in [1.165, 1.54) is 6.42 Å². The average Bonchev–Trinajstić information content (AvgIpc) is 2.62. The van der Waals surface area contributed by atoms with Crippen LogP contribution in [0.5, 0.6) is 0 Å². The molecule has 1 rings (SSSR count). The molecule has 1 fully saturated rings. The number of nitrogens with one attached hydrogen (secondary N) is 1. The van der Waals surface area contributed by atoms with Crippen LogP contribution in [0.2, 0.25) is 0 Å². The van der Waals surface area contributed by atoms with Gasteiger partial charge in [0, 0.05) is 6.42 Å². The summed E-state index contributed by atoms with van der Waals surface area (Å²) < 4.78 is 10.9. The number of aliphatic hydroxyl groups is 5. The van der Waals surface area contributed by atoms with Gasteiger partial charge in [-0.15, -0.1) is 0 Å². The fourth-order valence-electron chi connectivity index (χ4n) is 2.99. The van der Waals surface area contributed by atoms with Crippen molar-refractivity contribution in [2.45, 2.75) is 129 Å². The lowest BCUT2D eigenvalue weighted by molar-refractivity contribution is -0.157. The fraction of sp³-hybridized carbons (Fsp3) is 0.957. The van der Waals surface area contributed by atoms with Crippen LogP contribution >= 0.6 is 0 Å². The van der Waals surface area contributed by atoms with Gasteiger partial charge < -0.3 is 40.3 Å². The maximum absolute atomic E-state index is 12.2. The Morgan fingerprint density at radius 2 is 1.53 bits per heavy atom. The van der Waals surface area contributed by atoms with Gasteiger partial charge in [-0.05, 0) is 39.0 Å². The zero-order valence-electron chi connectivity index (χ0n) is 21.0. The van der Waals surface area contributed by atoms with E-state index in [0.29, 0.717) is 6.42 Å². The molecule has 0 spiro atoms. The van der Waals surface area contributed by atoms with E-state index in [9.17, 15) is 30.3 Å². The van der Waals surface area contributed by atoms with Crippen LogP contribution < -0.4 is 5.32 Å². The first-order chi connectivity index (χ1) is 14.5. The van der Waals surface area contributed by atoms with Crippen LogP contribution in [0.4, 0.5) is 4.79 Å². The van der Waals surface area contributed by atoms with E-state index in [1.54, 1.807) is 20.8 Å². The Balaban J connectivity index is 0.00000302. The minimum absolute atomic E-state index is 0.00187. The summed E-state index contributed by atoms with van der Waals surface area (Å²) in [5, 5.41) is 53.0. The highest BCUT2D eigenvalue weighted by Gasteiger charge is 2.38. The maximum atomic E-state index is 12.2. The third kappa shape index (κ3) is 11.8. The Hall–Kier alpha value is -0.970. The van der Waals surface area contributed by atoms with Gasteiger partial charge in [0.25, 0.3) is 0 Å². The van der Waals surface area contributed by atoms with E-state index in [2.05, 4.69) is 19.2 Å². The first kappa shape index (κ1) is 31.0. The molecule has 0 radical (unpaired) electrons. The van der Waals surface area contributed by atoms with Crippen molar-refractivity contribution >= 4 is 6.09 Å². The van der Waals surface area contributed by atoms with E-state index in [1.807, 2.05) is 20.8 Å². The number of rotatable bonds is 7. The summed E-state index contributed by atoms with van der Waals surface area (Å²) in [4.78, 5) is 12.2. The number of carbonyl (C=O) groups is 1. The van der Waals surface area contributed by atoms with Crippen LogP contribution in [0.15, 0.2) is 0 Å². The standard InChI is InChI=1S/C20H39NO8.C3H8/c1-19(2,3)15(24)9-13(23)11(21-18(27)29-20(4,5)6)10-28-14-8-7-12(22)16(25)17(14)26;1-3-2/h11-17,22-26H,7-10H2,1-6H3,(H,21,27);3H2,1-2H3. The lowest BCUT2D eigenvalue weighted by Gasteiger charge is -2.36. The van der Waals surface area contributed by atoms with Gasteiger partial charge in [-0.2, -0.15) is 0 Å². The molecule has 0 aromatic carbocycles. The van der Waals surface area contributed by atoms with Crippen LogP contribution in [0.25, 0.3) is 0 Å². The van der Waals surface area contributed by atoms with Gasteiger partial charge in [0.2, 0.25) is 0 Å². The molecule has 1 aliphatic carbocycles. The summed E-state index contributed by atoms with van der Waals surface area (Å²) in [5.74, 6) is 0. The SMILES string of the molecule is CC(C)(C)OC(=O)NC(COC1CCC(O)C(O)C1O)C(O)CC(O)C(C)(C)C.CCC. The Bertz CT molecular complexity index is 531. The van der Waals surface area contributed by atoms with Gasteiger partial charge in [-0.25, -0.2) is 4.79 Å². The molecule has 0 saturated heterocycles. The molecule has 0 aromatic rings. The third-order valence-corrected chi connectivity index (χ3v) is 4.99. The van der Waals surface area contributed by atoms with Crippen molar-refractivity contribution in [2.24, 2.45) is 5.41 Å². The van der Waals surface area contributed by atoms with Gasteiger partial charge in [0.1, 0.15) is 17.8 Å². The molecular formula is C23H47NO8. The second kappa shape index (κ2) is 13.7. The van der Waals surface area contributed by atoms with Gasteiger partial charge in [0.15, 0.2) is 0 Å². The van der Waals surface area contributed by atoms with Gasteiger partial charge in [-0.3, -0.25) is 0 Å². The van der Waals surface area contributed by atoms with E-state index in [-0.39, 0.29) is 19.4 Å². The van der Waals surface area contributed by atoms with E-state index < -0.39 is 59.8 Å². The number of alkyl carbamates (subject to hydrolysis) is 1. The van der Waals surface area contributed by atoms with Crippen LogP contribution in [0.1, 0.15) is 81.1 Å². The minimum Gasteiger partial charge on any atom is -0.444 e. The summed E-state index contributed by atoms with van der Waals surface area (Å²) in [6.45, 7) is 14.7. The molecule has 6 N–H and O–H groups in total. The molecule has 7 atom stereocenters. The first-order valence-corrected chi connectivity index (χ1v) is 11.5. The van der Waals surface area contributed by atoms with Crippen molar-refractivity contribution in [2.75, 3.05) is 6.61 Å². The van der Waals surface area contributed by atoms with Gasteiger partial charge in [-0.1, -0.05) is 41.0 Å². The highest BCUT2D eigenvalue weighted by Crippen LogP contribution is 2.25. The van der Waals surface area contributed by atoms with Crippen molar-refractivity contribution in [3.05, 3.63) is 0 Å². The Morgan fingerprint density at radius 1 is 1.00 bits per heavy atom. The van der Waals surface area contributed by atoms with Crippen molar-refractivity contribution in [3.63, 3.8) is 0 Å². The smallest absolute Gasteiger partial charge is 0.408 e. The van der Waals surface area contributed by atoms with Crippen LogP contribution in [-0.4, -0.2) is 86.5 Å². The molecule has 0 aliphatic heterocycles. The van der Waals surface area contributed by atoms with Gasteiger partial charge >= 0.3 is 6.09 Å². The number of ether oxygens (including phenoxy) is 2. The second-order valence-corrected chi connectivity index (χ2v) is 10.6. The molecular weight excluding hydrogens is 418 g/mol. The van der Waals surface area contributed by atoms with E-state index in [0.717, 1.165) is 0 Å². The summed E-state index contributed by atoms with van der Waals surface area (Å²) in [6.07, 6.45) is -5.24. The summed E-state index contributed by atoms with van der Waals surface area (Å²) in [7, 11) is 0. The number of hydrogen-bond acceptors (Lipinski definition) is 8. The summed E-state index contributed by atoms with van der Waals surface area (Å²) in [5.41, 5.74) is -1.19. The molecule has 1 amide bonds. The van der Waals surface area contributed by atoms with Crippen molar-refractivity contribution in [3.8, 4) is 0 Å². The van der Waals surface area contributed by atoms with Crippen molar-refractivity contribution in [1.29, 1.82) is 0 Å². The van der Waals surface area contributed by atoms with Crippen molar-refractivity contribution in [1.82, 2.24) is 5.32 Å². The monoisotopic (exact) mass is 465 g/mol. The quantitative estimate of drug-likeness (QED) is 0.333. The molecule has 9 nitrogen and oxygen atoms in total. The zero-order valence-corrected chi connectivity index (χ0v) is 21.0. The van der Waals surface area contributed by atoms with E-state index >= 15 is 0 Å². The van der Waals surface area contributed by atoms with Crippen molar-refractivity contribution < 1.29 is 39.8 Å². The highest BCUT2D eigenvalue weighted by atomic mass is 16.6. The Morgan fingerprint density at radius 3 is 2.00 bits per heavy atom. The maximum Gasteiger partial charge on any atom is 0.408 e. The zero-order chi connectivity index (χ0) is 25.3. The number of amides is 1. The molecule has 0 aromatic heterocycles. The minimum atomic E-state index is -1.32. The number of aliphatic hydroxyl groups excluding tert-OH is 5. The van der Waals surface area contributed by atoms with E-state index in [4.69, 9.17) is 9.47 Å². The van der Waals surface area contributed by atoms with Crippen LogP contribution in [-0.2, 0) is 9.47 Å². The van der Waals surface area contributed by atoms with Gasteiger partial charge in [0.05, 0.1) is 37.1 Å². The number of hydrogen-bond donors (Lipinski definition) is 6. The molecule has 0 bridgehead atoms. The summed E-state index contributed by atoms with van der Waals surface area (Å²) >= 11 is 0. The predicted molar refractivity (Wildman–Crippen MR) is 122 cm³/mol. The van der Waals surface area contributed by atoms with Crippen LogP contribution in [0.3, 0.4) is 0 Å². The molecule has 9 heteroatoms. The molecule has 0 heterocycles.